The summed E-state index contributed by atoms with van der Waals surface area (Å²) in [5.41, 5.74) is 0.206. The molecule has 0 bridgehead atoms. The molecule has 0 rings (SSSR count). The van der Waals surface area contributed by atoms with Gasteiger partial charge in [-0.3, -0.25) is 0 Å². The molecule has 0 fully saturated rings. The van der Waals surface area contributed by atoms with Crippen LogP contribution in [0, 0.1) is 12.5 Å². The van der Waals surface area contributed by atoms with Crippen molar-refractivity contribution in [1.82, 2.24) is 5.32 Å². The standard InChI is InChI=1S/C12H26NO/c1-11(2)7-5-8-12(3,4)13-9-6-10-14/h10-11,13-14H,5-9H2,1-4H3. The largest absolute Gasteiger partial charge is 0.390 e. The second kappa shape index (κ2) is 7.24. The predicted molar refractivity (Wildman–Crippen MR) is 61.6 cm³/mol. The van der Waals surface area contributed by atoms with Gasteiger partial charge in [-0.2, -0.15) is 0 Å². The Kier molecular flexibility index (Phi) is 7.20. The molecule has 0 unspecified atom stereocenters. The molecule has 0 aliphatic rings. The van der Waals surface area contributed by atoms with Gasteiger partial charge in [0, 0.05) is 5.54 Å². The van der Waals surface area contributed by atoms with Gasteiger partial charge in [0.2, 0.25) is 0 Å². The third kappa shape index (κ3) is 8.52. The van der Waals surface area contributed by atoms with E-state index in [9.17, 15) is 0 Å². The van der Waals surface area contributed by atoms with Crippen molar-refractivity contribution in [3.63, 3.8) is 0 Å². The van der Waals surface area contributed by atoms with Gasteiger partial charge in [-0.25, -0.2) is 0 Å². The van der Waals surface area contributed by atoms with Gasteiger partial charge in [-0.05, 0) is 39.2 Å². The van der Waals surface area contributed by atoms with E-state index in [4.69, 9.17) is 5.11 Å². The lowest BCUT2D eigenvalue weighted by Crippen LogP contribution is -2.39. The second-order valence-electron chi connectivity index (χ2n) is 5.07. The van der Waals surface area contributed by atoms with Crippen molar-refractivity contribution in [1.29, 1.82) is 0 Å². The molecule has 0 aliphatic heterocycles. The number of hydrogen-bond acceptors (Lipinski definition) is 2. The van der Waals surface area contributed by atoms with Crippen LogP contribution in [-0.4, -0.2) is 17.2 Å². The first-order valence-electron chi connectivity index (χ1n) is 5.69. The van der Waals surface area contributed by atoms with Crippen molar-refractivity contribution >= 4 is 0 Å². The van der Waals surface area contributed by atoms with Crippen LogP contribution in [-0.2, 0) is 0 Å². The van der Waals surface area contributed by atoms with Crippen LogP contribution in [0.25, 0.3) is 0 Å². The highest BCUT2D eigenvalue weighted by atomic mass is 16.3. The Balaban J connectivity index is 3.50. The van der Waals surface area contributed by atoms with Crippen LogP contribution in [0.1, 0.15) is 53.4 Å². The topological polar surface area (TPSA) is 32.3 Å². The number of aliphatic hydroxyl groups excluding tert-OH is 1. The monoisotopic (exact) mass is 200 g/mol. The van der Waals surface area contributed by atoms with Crippen molar-refractivity contribution < 1.29 is 5.11 Å². The maximum atomic E-state index is 8.55. The lowest BCUT2D eigenvalue weighted by molar-refractivity contribution is 0.320. The lowest BCUT2D eigenvalue weighted by Gasteiger charge is -2.26. The Morgan fingerprint density at radius 1 is 1.36 bits per heavy atom. The first-order valence-corrected chi connectivity index (χ1v) is 5.69. The molecule has 0 aromatic heterocycles. The quantitative estimate of drug-likeness (QED) is 0.590. The number of rotatable bonds is 8. The van der Waals surface area contributed by atoms with Crippen LogP contribution in [0.2, 0.25) is 0 Å². The highest BCUT2D eigenvalue weighted by Crippen LogP contribution is 2.15. The first kappa shape index (κ1) is 13.9. The molecular weight excluding hydrogens is 174 g/mol. The smallest absolute Gasteiger partial charge is 0.0811 e. The summed E-state index contributed by atoms with van der Waals surface area (Å²) in [6.07, 6.45) is 4.52. The molecule has 2 heteroatoms. The average molecular weight is 200 g/mol. The summed E-state index contributed by atoms with van der Waals surface area (Å²) in [5.74, 6) is 0.802. The van der Waals surface area contributed by atoms with Crippen LogP contribution in [0.15, 0.2) is 0 Å². The Labute approximate surface area is 89.1 Å². The van der Waals surface area contributed by atoms with Gasteiger partial charge >= 0.3 is 0 Å². The molecule has 0 atom stereocenters. The van der Waals surface area contributed by atoms with Gasteiger partial charge in [-0.1, -0.05) is 26.7 Å². The van der Waals surface area contributed by atoms with Gasteiger partial charge in [-0.15, -0.1) is 0 Å². The molecule has 0 spiro atoms. The Bertz CT molecular complexity index is 132. The maximum absolute atomic E-state index is 8.55. The summed E-state index contributed by atoms with van der Waals surface area (Å²) >= 11 is 0. The normalized spacial score (nSPS) is 12.4. The minimum atomic E-state index is 0.206. The Morgan fingerprint density at radius 3 is 2.50 bits per heavy atom. The molecule has 0 aromatic rings. The molecule has 0 saturated heterocycles. The van der Waals surface area contributed by atoms with Crippen molar-refractivity contribution in [3.8, 4) is 0 Å². The lowest BCUT2D eigenvalue weighted by atomic mass is 9.94. The van der Waals surface area contributed by atoms with E-state index < -0.39 is 0 Å². The molecule has 0 amide bonds. The van der Waals surface area contributed by atoms with Crippen molar-refractivity contribution in [2.24, 2.45) is 5.92 Å². The second-order valence-corrected chi connectivity index (χ2v) is 5.07. The van der Waals surface area contributed by atoms with E-state index in [1.807, 2.05) is 0 Å². The fraction of sp³-hybridized carbons (Fsp3) is 0.917. The minimum Gasteiger partial charge on any atom is -0.390 e. The van der Waals surface area contributed by atoms with E-state index in [1.165, 1.54) is 25.9 Å². The van der Waals surface area contributed by atoms with Crippen LogP contribution >= 0.6 is 0 Å². The van der Waals surface area contributed by atoms with E-state index in [-0.39, 0.29) is 5.54 Å². The molecule has 14 heavy (non-hydrogen) atoms. The van der Waals surface area contributed by atoms with Gasteiger partial charge < -0.3 is 10.4 Å². The molecule has 0 aromatic carbocycles. The molecule has 2 N–H and O–H groups in total. The fourth-order valence-corrected chi connectivity index (χ4v) is 1.52. The fourth-order valence-electron chi connectivity index (χ4n) is 1.52. The zero-order chi connectivity index (χ0) is 11.0. The van der Waals surface area contributed by atoms with E-state index in [0.29, 0.717) is 0 Å². The molecular formula is C12H26NO. The van der Waals surface area contributed by atoms with E-state index >= 15 is 0 Å². The molecule has 85 valence electrons. The van der Waals surface area contributed by atoms with Crippen molar-refractivity contribution in [3.05, 3.63) is 6.61 Å². The van der Waals surface area contributed by atoms with E-state index in [0.717, 1.165) is 18.9 Å². The van der Waals surface area contributed by atoms with Gasteiger partial charge in [0.05, 0.1) is 6.61 Å². The Hall–Kier alpha value is -0.0800. The van der Waals surface area contributed by atoms with Gasteiger partial charge in [0.25, 0.3) is 0 Å². The van der Waals surface area contributed by atoms with Crippen LogP contribution < -0.4 is 5.32 Å². The number of hydrogen-bond donors (Lipinski definition) is 2. The van der Waals surface area contributed by atoms with Crippen LogP contribution in [0.5, 0.6) is 0 Å². The SMILES string of the molecule is CC(C)CCCC(C)(C)NCC[CH]O. The van der Waals surface area contributed by atoms with Crippen molar-refractivity contribution in [2.75, 3.05) is 6.54 Å². The summed E-state index contributed by atoms with van der Waals surface area (Å²) in [7, 11) is 0. The first-order chi connectivity index (χ1) is 6.48. The number of aliphatic hydroxyl groups is 1. The minimum absolute atomic E-state index is 0.206. The molecule has 0 saturated carbocycles. The molecule has 2 nitrogen and oxygen atoms in total. The Morgan fingerprint density at radius 2 is 2.00 bits per heavy atom. The van der Waals surface area contributed by atoms with E-state index in [1.54, 1.807) is 0 Å². The van der Waals surface area contributed by atoms with Crippen LogP contribution in [0.3, 0.4) is 0 Å². The maximum Gasteiger partial charge on any atom is 0.0811 e. The summed E-state index contributed by atoms with van der Waals surface area (Å²) in [5, 5.41) is 12.0. The summed E-state index contributed by atoms with van der Waals surface area (Å²) in [6, 6.07) is 0. The third-order valence-corrected chi connectivity index (χ3v) is 2.46. The van der Waals surface area contributed by atoms with E-state index in [2.05, 4.69) is 33.0 Å². The van der Waals surface area contributed by atoms with Gasteiger partial charge in [0.1, 0.15) is 0 Å². The number of nitrogens with one attached hydrogen (secondary N) is 1. The molecule has 0 aliphatic carbocycles. The highest BCUT2D eigenvalue weighted by Gasteiger charge is 2.15. The van der Waals surface area contributed by atoms with Crippen molar-refractivity contribution in [2.45, 2.75) is 58.9 Å². The molecule has 0 heterocycles. The summed E-state index contributed by atoms with van der Waals surface area (Å²) in [4.78, 5) is 0. The molecule has 1 radical (unpaired) electrons. The van der Waals surface area contributed by atoms with Gasteiger partial charge in [0.15, 0.2) is 0 Å². The zero-order valence-corrected chi connectivity index (χ0v) is 10.1. The zero-order valence-electron chi connectivity index (χ0n) is 10.1. The summed E-state index contributed by atoms with van der Waals surface area (Å²) in [6.45, 7) is 11.1. The summed E-state index contributed by atoms with van der Waals surface area (Å²) < 4.78 is 0. The third-order valence-electron chi connectivity index (χ3n) is 2.46. The van der Waals surface area contributed by atoms with Crippen LogP contribution in [0.4, 0.5) is 0 Å². The predicted octanol–water partition coefficient (Wildman–Crippen LogP) is 3.11. The average Bonchev–Trinajstić information content (AvgIpc) is 2.03. The highest BCUT2D eigenvalue weighted by molar-refractivity contribution is 4.77.